The number of hydrogen-bond acceptors (Lipinski definition) is 1. The summed E-state index contributed by atoms with van der Waals surface area (Å²) in [6.45, 7) is 0. The SMILES string of the molecule is Fc1cccc(C(Cl)Cc2ccncc2Cl)c1F. The zero-order valence-corrected chi connectivity index (χ0v) is 10.7. The zero-order valence-electron chi connectivity index (χ0n) is 9.21. The largest absolute Gasteiger partial charge is 0.263 e. The number of alkyl halides is 1. The van der Waals surface area contributed by atoms with Crippen molar-refractivity contribution in [3.63, 3.8) is 0 Å². The average molecular weight is 288 g/mol. The molecule has 1 nitrogen and oxygen atoms in total. The summed E-state index contributed by atoms with van der Waals surface area (Å²) in [5.41, 5.74) is 0.875. The Morgan fingerprint density at radius 3 is 2.72 bits per heavy atom. The molecule has 0 aliphatic rings. The molecule has 0 aliphatic carbocycles. The predicted molar refractivity (Wildman–Crippen MR) is 67.9 cm³/mol. The number of hydrogen-bond donors (Lipinski definition) is 0. The van der Waals surface area contributed by atoms with E-state index in [2.05, 4.69) is 4.98 Å². The smallest absolute Gasteiger partial charge is 0.163 e. The van der Waals surface area contributed by atoms with Gasteiger partial charge in [0.25, 0.3) is 0 Å². The third-order valence-electron chi connectivity index (χ3n) is 2.57. The van der Waals surface area contributed by atoms with Gasteiger partial charge in [0.15, 0.2) is 11.6 Å². The molecule has 1 aromatic carbocycles. The van der Waals surface area contributed by atoms with Crippen LogP contribution in [-0.4, -0.2) is 4.98 Å². The van der Waals surface area contributed by atoms with Crippen LogP contribution in [0.5, 0.6) is 0 Å². The van der Waals surface area contributed by atoms with Crippen LogP contribution in [0.4, 0.5) is 8.78 Å². The summed E-state index contributed by atoms with van der Waals surface area (Å²) in [4.78, 5) is 3.85. The molecule has 1 unspecified atom stereocenters. The van der Waals surface area contributed by atoms with Gasteiger partial charge in [0.2, 0.25) is 0 Å². The number of pyridine rings is 1. The maximum absolute atomic E-state index is 13.6. The molecule has 0 fully saturated rings. The van der Waals surface area contributed by atoms with Gasteiger partial charge < -0.3 is 0 Å². The second-order valence-electron chi connectivity index (χ2n) is 3.78. The highest BCUT2D eigenvalue weighted by atomic mass is 35.5. The number of rotatable bonds is 3. The Bertz CT molecular complexity index is 560. The molecule has 0 saturated carbocycles. The molecule has 0 radical (unpaired) electrons. The molecule has 1 aromatic heterocycles. The summed E-state index contributed by atoms with van der Waals surface area (Å²) in [5, 5.41) is -0.222. The molecule has 0 amide bonds. The molecule has 1 atom stereocenters. The molecule has 0 bridgehead atoms. The van der Waals surface area contributed by atoms with Gasteiger partial charge in [-0.1, -0.05) is 23.7 Å². The van der Waals surface area contributed by atoms with Crippen LogP contribution >= 0.6 is 23.2 Å². The van der Waals surface area contributed by atoms with Crippen molar-refractivity contribution in [2.75, 3.05) is 0 Å². The van der Waals surface area contributed by atoms with Gasteiger partial charge in [0.05, 0.1) is 10.4 Å². The second kappa shape index (κ2) is 5.63. The van der Waals surface area contributed by atoms with Crippen LogP contribution in [0, 0.1) is 11.6 Å². The van der Waals surface area contributed by atoms with Crippen molar-refractivity contribution >= 4 is 23.2 Å². The highest BCUT2D eigenvalue weighted by molar-refractivity contribution is 6.31. The molecule has 2 rings (SSSR count). The van der Waals surface area contributed by atoms with E-state index in [1.165, 1.54) is 18.3 Å². The van der Waals surface area contributed by atoms with Crippen molar-refractivity contribution in [1.29, 1.82) is 0 Å². The molecule has 18 heavy (non-hydrogen) atoms. The fourth-order valence-electron chi connectivity index (χ4n) is 1.63. The van der Waals surface area contributed by atoms with E-state index >= 15 is 0 Å². The van der Waals surface area contributed by atoms with Crippen LogP contribution < -0.4 is 0 Å². The molecule has 1 heterocycles. The highest BCUT2D eigenvalue weighted by Gasteiger charge is 2.17. The summed E-state index contributed by atoms with van der Waals surface area (Å²) in [6, 6.07) is 5.65. The normalized spacial score (nSPS) is 12.4. The van der Waals surface area contributed by atoms with Crippen molar-refractivity contribution in [3.05, 3.63) is 64.4 Å². The maximum Gasteiger partial charge on any atom is 0.163 e. The van der Waals surface area contributed by atoms with Crippen molar-refractivity contribution in [3.8, 4) is 0 Å². The Labute approximate surface area is 113 Å². The lowest BCUT2D eigenvalue weighted by Crippen LogP contribution is -2.01. The number of benzene rings is 1. The van der Waals surface area contributed by atoms with Crippen LogP contribution in [0.3, 0.4) is 0 Å². The van der Waals surface area contributed by atoms with Crippen LogP contribution in [-0.2, 0) is 6.42 Å². The second-order valence-corrected chi connectivity index (χ2v) is 4.72. The van der Waals surface area contributed by atoms with E-state index in [-0.39, 0.29) is 5.56 Å². The lowest BCUT2D eigenvalue weighted by atomic mass is 10.0. The monoisotopic (exact) mass is 287 g/mol. The summed E-state index contributed by atoms with van der Waals surface area (Å²) in [7, 11) is 0. The van der Waals surface area contributed by atoms with Crippen LogP contribution in [0.1, 0.15) is 16.5 Å². The lowest BCUT2D eigenvalue weighted by Gasteiger charge is -2.12. The number of halogens is 4. The van der Waals surface area contributed by atoms with E-state index in [1.807, 2.05) is 0 Å². The molecule has 0 N–H and O–H groups in total. The third-order valence-corrected chi connectivity index (χ3v) is 3.30. The number of nitrogens with zero attached hydrogens (tertiary/aromatic N) is 1. The zero-order chi connectivity index (χ0) is 13.1. The molecule has 5 heteroatoms. The summed E-state index contributed by atoms with van der Waals surface area (Å²) < 4.78 is 26.6. The predicted octanol–water partition coefficient (Wildman–Crippen LogP) is 4.54. The minimum atomic E-state index is -0.914. The molecule has 2 aromatic rings. The van der Waals surface area contributed by atoms with Crippen LogP contribution in [0.15, 0.2) is 36.7 Å². The van der Waals surface area contributed by atoms with E-state index in [9.17, 15) is 8.78 Å². The molecule has 0 saturated heterocycles. The first-order valence-corrected chi connectivity index (χ1v) is 6.07. The van der Waals surface area contributed by atoms with Gasteiger partial charge in [-0.25, -0.2) is 8.78 Å². The molecule has 0 aliphatic heterocycles. The maximum atomic E-state index is 13.6. The van der Waals surface area contributed by atoms with Gasteiger partial charge in [-0.3, -0.25) is 4.98 Å². The quantitative estimate of drug-likeness (QED) is 0.756. The van der Waals surface area contributed by atoms with E-state index in [0.29, 0.717) is 11.4 Å². The average Bonchev–Trinajstić information content (AvgIpc) is 2.35. The highest BCUT2D eigenvalue weighted by Crippen LogP contribution is 2.30. The first-order valence-electron chi connectivity index (χ1n) is 5.26. The minimum absolute atomic E-state index is 0.129. The van der Waals surface area contributed by atoms with Crippen molar-refractivity contribution < 1.29 is 8.78 Å². The van der Waals surface area contributed by atoms with Crippen LogP contribution in [0.2, 0.25) is 5.02 Å². The van der Waals surface area contributed by atoms with Crippen molar-refractivity contribution in [2.45, 2.75) is 11.8 Å². The summed E-state index contributed by atoms with van der Waals surface area (Å²) in [5.74, 6) is -1.82. The number of aromatic nitrogens is 1. The Hall–Kier alpha value is -1.19. The fourth-order valence-corrected chi connectivity index (χ4v) is 2.17. The van der Waals surface area contributed by atoms with Gasteiger partial charge in [-0.15, -0.1) is 11.6 Å². The van der Waals surface area contributed by atoms with Gasteiger partial charge in [0, 0.05) is 18.0 Å². The minimum Gasteiger partial charge on any atom is -0.263 e. The lowest BCUT2D eigenvalue weighted by molar-refractivity contribution is 0.497. The Balaban J connectivity index is 2.25. The van der Waals surface area contributed by atoms with E-state index in [1.54, 1.807) is 12.3 Å². The summed E-state index contributed by atoms with van der Waals surface area (Å²) >= 11 is 12.0. The van der Waals surface area contributed by atoms with Crippen molar-refractivity contribution in [2.24, 2.45) is 0 Å². The third kappa shape index (κ3) is 2.79. The van der Waals surface area contributed by atoms with E-state index < -0.39 is 17.0 Å². The van der Waals surface area contributed by atoms with Crippen molar-refractivity contribution in [1.82, 2.24) is 4.98 Å². The topological polar surface area (TPSA) is 12.9 Å². The van der Waals surface area contributed by atoms with Gasteiger partial charge in [-0.2, -0.15) is 0 Å². The van der Waals surface area contributed by atoms with Gasteiger partial charge >= 0.3 is 0 Å². The Kier molecular flexibility index (Phi) is 4.15. The standard InChI is InChI=1S/C13H9Cl2F2N/c14-10(6-8-4-5-18-7-11(8)15)9-2-1-3-12(16)13(9)17/h1-5,7,10H,6H2. The summed E-state index contributed by atoms with van der Waals surface area (Å²) in [6.07, 6.45) is 3.37. The molecular formula is C13H9Cl2F2N. The Morgan fingerprint density at radius 1 is 1.22 bits per heavy atom. The first-order chi connectivity index (χ1) is 8.59. The molecule has 0 spiro atoms. The van der Waals surface area contributed by atoms with E-state index in [4.69, 9.17) is 23.2 Å². The van der Waals surface area contributed by atoms with E-state index in [0.717, 1.165) is 11.6 Å². The van der Waals surface area contributed by atoms with Crippen LogP contribution in [0.25, 0.3) is 0 Å². The first kappa shape index (κ1) is 13.2. The van der Waals surface area contributed by atoms with Gasteiger partial charge in [-0.05, 0) is 24.1 Å². The molecule has 94 valence electrons. The van der Waals surface area contributed by atoms with Gasteiger partial charge in [0.1, 0.15) is 0 Å². The Morgan fingerprint density at radius 2 is 2.00 bits per heavy atom. The fraction of sp³-hybridized carbons (Fsp3) is 0.154. The molecular weight excluding hydrogens is 279 g/mol.